The molecule has 10 rings (SSSR count). The third-order valence-corrected chi connectivity index (χ3v) is 11.1. The van der Waals surface area contributed by atoms with E-state index in [1.807, 2.05) is 146 Å². The summed E-state index contributed by atoms with van der Waals surface area (Å²) in [7, 11) is 0. The number of carbonyl (C=O) groups excluding carboxylic acids is 3. The Hall–Kier alpha value is -8.36. The summed E-state index contributed by atoms with van der Waals surface area (Å²) < 4.78 is 11.9. The summed E-state index contributed by atoms with van der Waals surface area (Å²) in [5, 5.41) is 2.03. The lowest BCUT2D eigenvalue weighted by molar-refractivity contribution is -0.123. The van der Waals surface area contributed by atoms with Crippen molar-refractivity contribution in [2.75, 3.05) is 22.9 Å². The largest absolute Gasteiger partial charge is 0.464 e. The molecule has 11 heteroatoms. The summed E-state index contributed by atoms with van der Waals surface area (Å²) in [6, 6.07) is 53.6. The zero-order valence-corrected chi connectivity index (χ0v) is 34.0. The molecule has 2 unspecified atom stereocenters. The molecule has 2 atom stereocenters. The lowest BCUT2D eigenvalue weighted by atomic mass is 10.0. The van der Waals surface area contributed by atoms with Crippen LogP contribution in [0.25, 0.3) is 48.9 Å². The first-order valence-electron chi connectivity index (χ1n) is 20.6. The standard InChI is InChI=1S/C26H21N3O3.C26H19N3O2/c27-25(30)20-16-19(17-6-2-1-3-7-17)10-12-22(20)29-15-14-23(26(29)31)32-24-13-11-18-8-4-5-9-21(18)28-24;1-27-22-17-20(18-7-3-2-4-8-18)11-13-23(22)29-16-15-24(26(29)30)31-25-14-12-19-9-5-6-10-21(19)28-25/h1-13,16,23H,14-15H2,(H2,27,30);2-14,17,24H,15-16H2. The maximum Gasteiger partial charge on any atom is 0.268 e. The van der Waals surface area contributed by atoms with Crippen LogP contribution in [-0.4, -0.2) is 53.0 Å². The van der Waals surface area contributed by atoms with E-state index in [0.717, 1.165) is 44.1 Å². The van der Waals surface area contributed by atoms with Crippen LogP contribution in [0.4, 0.5) is 17.1 Å². The number of fused-ring (bicyclic) bond motifs is 2. The summed E-state index contributed by atoms with van der Waals surface area (Å²) in [6.07, 6.45) is -0.240. The fourth-order valence-electron chi connectivity index (χ4n) is 7.95. The molecule has 0 bridgehead atoms. The number of nitrogens with zero attached hydrogens (tertiary/aromatic N) is 5. The Bertz CT molecular complexity index is 3040. The Kier molecular flexibility index (Phi) is 11.3. The van der Waals surface area contributed by atoms with Gasteiger partial charge < -0.3 is 25.0 Å². The van der Waals surface area contributed by atoms with Gasteiger partial charge in [-0.15, -0.1) is 0 Å². The number of anilines is 2. The summed E-state index contributed by atoms with van der Waals surface area (Å²) in [6.45, 7) is 8.56. The highest BCUT2D eigenvalue weighted by molar-refractivity contribution is 6.07. The van der Waals surface area contributed by atoms with Gasteiger partial charge in [0.15, 0.2) is 12.2 Å². The minimum atomic E-state index is -0.668. The molecule has 2 N–H and O–H groups in total. The highest BCUT2D eigenvalue weighted by Gasteiger charge is 2.37. The summed E-state index contributed by atoms with van der Waals surface area (Å²) in [5.74, 6) is -0.101. The van der Waals surface area contributed by atoms with Crippen molar-refractivity contribution in [2.45, 2.75) is 25.0 Å². The number of ether oxygens (including phenoxy) is 2. The van der Waals surface area contributed by atoms with Gasteiger partial charge in [0.25, 0.3) is 17.7 Å². The molecule has 0 radical (unpaired) electrons. The molecule has 11 nitrogen and oxygen atoms in total. The first-order valence-corrected chi connectivity index (χ1v) is 20.6. The second-order valence-electron chi connectivity index (χ2n) is 15.1. The second-order valence-corrected chi connectivity index (χ2v) is 15.1. The Morgan fingerprint density at radius 1 is 0.556 bits per heavy atom. The number of primary amides is 1. The van der Waals surface area contributed by atoms with Crippen LogP contribution in [0.1, 0.15) is 23.2 Å². The normalized spacial score (nSPS) is 15.8. The molecule has 2 aliphatic rings. The summed E-state index contributed by atoms with van der Waals surface area (Å²) in [5.41, 5.74) is 13.0. The van der Waals surface area contributed by atoms with Gasteiger partial charge in [-0.25, -0.2) is 14.8 Å². The maximum absolute atomic E-state index is 13.1. The minimum absolute atomic E-state index is 0.146. The van der Waals surface area contributed by atoms with Crippen LogP contribution in [0.3, 0.4) is 0 Å². The Morgan fingerprint density at radius 3 is 1.52 bits per heavy atom. The molecular formula is C52H40N6O5. The van der Waals surface area contributed by atoms with E-state index >= 15 is 0 Å². The molecule has 8 aromatic rings. The van der Waals surface area contributed by atoms with Gasteiger partial charge in [0.05, 0.1) is 28.9 Å². The summed E-state index contributed by atoms with van der Waals surface area (Å²) >= 11 is 0. The molecule has 2 aliphatic heterocycles. The molecule has 2 fully saturated rings. The van der Waals surface area contributed by atoms with Crippen LogP contribution >= 0.6 is 0 Å². The van der Waals surface area contributed by atoms with E-state index in [1.165, 1.54) is 0 Å². The topological polar surface area (TPSA) is 132 Å². The van der Waals surface area contributed by atoms with E-state index in [1.54, 1.807) is 34.1 Å². The van der Waals surface area contributed by atoms with Crippen LogP contribution in [0.5, 0.6) is 11.8 Å². The number of benzene rings is 6. The molecule has 0 saturated carbocycles. The van der Waals surface area contributed by atoms with Crippen LogP contribution in [0.2, 0.25) is 0 Å². The van der Waals surface area contributed by atoms with Gasteiger partial charge in [0, 0.05) is 54.5 Å². The number of hydrogen-bond acceptors (Lipinski definition) is 7. The first-order chi connectivity index (χ1) is 30.8. The van der Waals surface area contributed by atoms with Gasteiger partial charge in [0.2, 0.25) is 17.4 Å². The molecule has 0 spiro atoms. The van der Waals surface area contributed by atoms with Crippen molar-refractivity contribution in [3.8, 4) is 34.0 Å². The molecule has 6 aromatic carbocycles. The number of pyridine rings is 2. The number of rotatable bonds is 9. The van der Waals surface area contributed by atoms with Crippen molar-refractivity contribution >= 4 is 56.6 Å². The van der Waals surface area contributed by atoms with E-state index < -0.39 is 18.1 Å². The minimum Gasteiger partial charge on any atom is -0.464 e. The fourth-order valence-corrected chi connectivity index (χ4v) is 7.95. The van der Waals surface area contributed by atoms with Crippen molar-refractivity contribution in [3.05, 3.63) is 187 Å². The quantitative estimate of drug-likeness (QED) is 0.143. The molecule has 63 heavy (non-hydrogen) atoms. The molecule has 308 valence electrons. The first kappa shape index (κ1) is 40.1. The summed E-state index contributed by atoms with van der Waals surface area (Å²) in [4.78, 5) is 54.3. The predicted octanol–water partition coefficient (Wildman–Crippen LogP) is 9.82. The second kappa shape index (κ2) is 17.7. The van der Waals surface area contributed by atoms with Crippen molar-refractivity contribution in [2.24, 2.45) is 5.73 Å². The molecule has 2 saturated heterocycles. The van der Waals surface area contributed by atoms with Crippen molar-refractivity contribution < 1.29 is 23.9 Å². The molecular weight excluding hydrogens is 789 g/mol. The van der Waals surface area contributed by atoms with Gasteiger partial charge in [-0.1, -0.05) is 109 Å². The van der Waals surface area contributed by atoms with Crippen LogP contribution in [-0.2, 0) is 9.59 Å². The van der Waals surface area contributed by atoms with E-state index in [0.29, 0.717) is 60.3 Å². The molecule has 2 aromatic heterocycles. The van der Waals surface area contributed by atoms with Crippen LogP contribution < -0.4 is 25.0 Å². The number of carbonyl (C=O) groups is 3. The van der Waals surface area contributed by atoms with Gasteiger partial charge in [-0.05, 0) is 70.8 Å². The third kappa shape index (κ3) is 8.51. The van der Waals surface area contributed by atoms with Gasteiger partial charge in [-0.3, -0.25) is 14.4 Å². The van der Waals surface area contributed by atoms with Crippen molar-refractivity contribution in [1.82, 2.24) is 9.97 Å². The number of aromatic nitrogens is 2. The lowest BCUT2D eigenvalue weighted by Crippen LogP contribution is -2.33. The predicted molar refractivity (Wildman–Crippen MR) is 245 cm³/mol. The monoisotopic (exact) mass is 828 g/mol. The van der Waals surface area contributed by atoms with E-state index in [-0.39, 0.29) is 11.8 Å². The van der Waals surface area contributed by atoms with Gasteiger partial charge in [-0.2, -0.15) is 0 Å². The number of amides is 3. The Morgan fingerprint density at radius 2 is 1.02 bits per heavy atom. The Balaban J connectivity index is 0.000000160. The molecule has 0 aliphatic carbocycles. The van der Waals surface area contributed by atoms with Crippen LogP contribution in [0, 0.1) is 6.57 Å². The van der Waals surface area contributed by atoms with E-state index in [4.69, 9.17) is 21.8 Å². The van der Waals surface area contributed by atoms with Crippen molar-refractivity contribution in [1.29, 1.82) is 0 Å². The highest BCUT2D eigenvalue weighted by Crippen LogP contribution is 2.37. The number of hydrogen-bond donors (Lipinski definition) is 1. The lowest BCUT2D eigenvalue weighted by Gasteiger charge is -2.20. The highest BCUT2D eigenvalue weighted by atomic mass is 16.5. The van der Waals surface area contributed by atoms with E-state index in [9.17, 15) is 14.4 Å². The van der Waals surface area contributed by atoms with Gasteiger partial charge >= 0.3 is 0 Å². The van der Waals surface area contributed by atoms with Crippen molar-refractivity contribution in [3.63, 3.8) is 0 Å². The fraction of sp³-hybridized carbons (Fsp3) is 0.115. The average Bonchev–Trinajstić information content (AvgIpc) is 3.88. The SMILES string of the molecule is NC(=O)c1cc(-c2ccccc2)ccc1N1CCC(Oc2ccc3ccccc3n2)C1=O.[C-]#[N+]c1cc(-c2ccccc2)ccc1N1CCC(Oc2ccc3ccccc3n2)C1=O. The zero-order chi connectivity index (χ0) is 43.3. The number of para-hydroxylation sites is 2. The Labute approximate surface area is 363 Å². The van der Waals surface area contributed by atoms with E-state index in [2.05, 4.69) is 14.8 Å². The zero-order valence-electron chi connectivity index (χ0n) is 34.0. The third-order valence-electron chi connectivity index (χ3n) is 11.1. The average molecular weight is 829 g/mol. The maximum atomic E-state index is 13.1. The van der Waals surface area contributed by atoms with Crippen LogP contribution in [0.15, 0.2) is 170 Å². The number of nitrogens with two attached hydrogens (primary N) is 1. The van der Waals surface area contributed by atoms with Gasteiger partial charge in [0.1, 0.15) is 0 Å². The molecule has 3 amide bonds. The smallest absolute Gasteiger partial charge is 0.268 e. The molecule has 4 heterocycles.